The van der Waals surface area contributed by atoms with Crippen LogP contribution in [0.25, 0.3) is 0 Å². The molecule has 0 amide bonds. The van der Waals surface area contributed by atoms with Crippen LogP contribution in [0, 0.1) is 0 Å². The second-order valence-corrected chi connectivity index (χ2v) is 4.73. The molecular weight excluding hydrogens is 258 g/mol. The van der Waals surface area contributed by atoms with Gasteiger partial charge in [0.25, 0.3) is 0 Å². The fourth-order valence-corrected chi connectivity index (χ4v) is 1.46. The van der Waals surface area contributed by atoms with Gasteiger partial charge >= 0.3 is 5.97 Å². The van der Waals surface area contributed by atoms with E-state index in [1.807, 2.05) is 24.3 Å². The summed E-state index contributed by atoms with van der Waals surface area (Å²) in [5.41, 5.74) is 0.141. The molecule has 4 heteroatoms. The quantitative estimate of drug-likeness (QED) is 0.884. The van der Waals surface area contributed by atoms with Gasteiger partial charge in [0.05, 0.1) is 0 Å². The highest BCUT2D eigenvalue weighted by molar-refractivity contribution is 9.10. The van der Waals surface area contributed by atoms with E-state index in [2.05, 4.69) is 21.2 Å². The third-order valence-corrected chi connectivity index (χ3v) is 2.99. The van der Waals surface area contributed by atoms with E-state index in [-0.39, 0.29) is 0 Å². The molecule has 1 aromatic carbocycles. The number of hydrogen-bond donors (Lipinski definition) is 2. The maximum absolute atomic E-state index is 10.9. The Balaban J connectivity index is 2.66. The minimum atomic E-state index is -0.907. The number of halogens is 1. The van der Waals surface area contributed by atoms with Gasteiger partial charge in [0.2, 0.25) is 0 Å². The maximum Gasteiger partial charge on any atom is 0.323 e. The lowest BCUT2D eigenvalue weighted by molar-refractivity contribution is -0.143. The zero-order valence-corrected chi connectivity index (χ0v) is 10.3. The van der Waals surface area contributed by atoms with E-state index in [9.17, 15) is 4.79 Å². The minimum Gasteiger partial charge on any atom is -0.480 e. The number of hydrogen-bond acceptors (Lipinski definition) is 2. The number of aliphatic carboxylic acids is 1. The smallest absolute Gasteiger partial charge is 0.323 e. The summed E-state index contributed by atoms with van der Waals surface area (Å²) in [6.45, 7) is 3.82. The molecule has 0 aliphatic rings. The highest BCUT2D eigenvalue weighted by Gasteiger charge is 2.25. The number of carboxylic acids is 1. The fraction of sp³-hybridized carbons (Fsp3) is 0.364. The number of rotatable bonds is 4. The summed E-state index contributed by atoms with van der Waals surface area (Å²) >= 11 is 3.41. The Hall–Kier alpha value is -0.870. The van der Waals surface area contributed by atoms with Gasteiger partial charge in [-0.1, -0.05) is 34.1 Å². The standard InChI is InChI=1S/C11H14BrNO2/c1-11(2,10(14)15)13-7-8-5-3-4-6-9(8)12/h3-6,13H,7H2,1-2H3,(H,14,15). The Morgan fingerprint density at radius 2 is 2.07 bits per heavy atom. The van der Waals surface area contributed by atoms with Crippen LogP contribution in [0.3, 0.4) is 0 Å². The van der Waals surface area contributed by atoms with Crippen molar-refractivity contribution in [3.8, 4) is 0 Å². The van der Waals surface area contributed by atoms with Crippen molar-refractivity contribution in [1.82, 2.24) is 5.32 Å². The lowest BCUT2D eigenvalue weighted by Crippen LogP contribution is -2.46. The molecular formula is C11H14BrNO2. The summed E-state index contributed by atoms with van der Waals surface area (Å²) in [5, 5.41) is 11.9. The molecule has 0 atom stereocenters. The van der Waals surface area contributed by atoms with Gasteiger partial charge in [-0.2, -0.15) is 0 Å². The molecule has 0 fully saturated rings. The molecule has 0 aromatic heterocycles. The molecule has 0 saturated heterocycles. The molecule has 0 aliphatic heterocycles. The molecule has 0 aliphatic carbocycles. The van der Waals surface area contributed by atoms with Crippen LogP contribution in [0.2, 0.25) is 0 Å². The first kappa shape index (κ1) is 12.2. The first-order valence-electron chi connectivity index (χ1n) is 4.65. The van der Waals surface area contributed by atoms with Gasteiger partial charge in [-0.05, 0) is 25.5 Å². The van der Waals surface area contributed by atoms with Crippen LogP contribution < -0.4 is 5.32 Å². The van der Waals surface area contributed by atoms with Gasteiger partial charge in [-0.25, -0.2) is 0 Å². The molecule has 15 heavy (non-hydrogen) atoms. The van der Waals surface area contributed by atoms with Crippen molar-refractivity contribution >= 4 is 21.9 Å². The van der Waals surface area contributed by atoms with Crippen LogP contribution in [0.4, 0.5) is 0 Å². The Kier molecular flexibility index (Phi) is 3.88. The summed E-state index contributed by atoms with van der Waals surface area (Å²) in [4.78, 5) is 10.9. The molecule has 3 nitrogen and oxygen atoms in total. The van der Waals surface area contributed by atoms with E-state index >= 15 is 0 Å². The van der Waals surface area contributed by atoms with Gasteiger partial charge < -0.3 is 5.11 Å². The average molecular weight is 272 g/mol. The van der Waals surface area contributed by atoms with Crippen LogP contribution in [-0.2, 0) is 11.3 Å². The molecule has 0 heterocycles. The van der Waals surface area contributed by atoms with Crippen molar-refractivity contribution in [2.75, 3.05) is 0 Å². The second kappa shape index (κ2) is 4.77. The van der Waals surface area contributed by atoms with Gasteiger partial charge in [-0.15, -0.1) is 0 Å². The van der Waals surface area contributed by atoms with Crippen LogP contribution >= 0.6 is 15.9 Å². The molecule has 0 unspecified atom stereocenters. The zero-order valence-electron chi connectivity index (χ0n) is 8.75. The number of carboxylic acid groups (broad SMARTS) is 1. The first-order chi connectivity index (χ1) is 6.93. The topological polar surface area (TPSA) is 49.3 Å². The van der Waals surface area contributed by atoms with E-state index in [0.717, 1.165) is 10.0 Å². The lowest BCUT2D eigenvalue weighted by atomic mass is 10.1. The molecule has 0 bridgehead atoms. The maximum atomic E-state index is 10.9. The summed E-state index contributed by atoms with van der Waals surface area (Å²) in [6, 6.07) is 7.74. The Morgan fingerprint density at radius 1 is 1.47 bits per heavy atom. The monoisotopic (exact) mass is 271 g/mol. The van der Waals surface area contributed by atoms with Crippen molar-refractivity contribution < 1.29 is 9.90 Å². The number of benzene rings is 1. The molecule has 0 radical (unpaired) electrons. The summed E-state index contributed by atoms with van der Waals surface area (Å²) in [6.07, 6.45) is 0. The van der Waals surface area contributed by atoms with E-state index in [1.165, 1.54) is 0 Å². The van der Waals surface area contributed by atoms with Crippen LogP contribution in [0.15, 0.2) is 28.7 Å². The van der Waals surface area contributed by atoms with Crippen molar-refractivity contribution in [3.63, 3.8) is 0 Å². The molecule has 1 rings (SSSR count). The molecule has 0 spiro atoms. The third kappa shape index (κ3) is 3.32. The van der Waals surface area contributed by atoms with Crippen LogP contribution in [-0.4, -0.2) is 16.6 Å². The van der Waals surface area contributed by atoms with Gasteiger partial charge in [0.1, 0.15) is 5.54 Å². The summed E-state index contributed by atoms with van der Waals surface area (Å²) in [5.74, 6) is -0.852. The van der Waals surface area contributed by atoms with Crippen molar-refractivity contribution in [1.29, 1.82) is 0 Å². The Labute approximate surface area is 97.6 Å². The van der Waals surface area contributed by atoms with Crippen LogP contribution in [0.5, 0.6) is 0 Å². The number of nitrogens with one attached hydrogen (secondary N) is 1. The fourth-order valence-electron chi connectivity index (χ4n) is 1.03. The van der Waals surface area contributed by atoms with Gasteiger partial charge in [-0.3, -0.25) is 10.1 Å². The van der Waals surface area contributed by atoms with Gasteiger partial charge in [0, 0.05) is 11.0 Å². The van der Waals surface area contributed by atoms with E-state index in [4.69, 9.17) is 5.11 Å². The molecule has 82 valence electrons. The first-order valence-corrected chi connectivity index (χ1v) is 5.44. The highest BCUT2D eigenvalue weighted by Crippen LogP contribution is 2.16. The zero-order chi connectivity index (χ0) is 11.5. The second-order valence-electron chi connectivity index (χ2n) is 3.88. The normalized spacial score (nSPS) is 11.4. The van der Waals surface area contributed by atoms with E-state index < -0.39 is 11.5 Å². The van der Waals surface area contributed by atoms with E-state index in [1.54, 1.807) is 13.8 Å². The molecule has 1 aromatic rings. The molecule has 2 N–H and O–H groups in total. The molecule has 0 saturated carbocycles. The summed E-state index contributed by atoms with van der Waals surface area (Å²) in [7, 11) is 0. The average Bonchev–Trinajstić information content (AvgIpc) is 2.16. The lowest BCUT2D eigenvalue weighted by Gasteiger charge is -2.21. The van der Waals surface area contributed by atoms with E-state index in [0.29, 0.717) is 6.54 Å². The summed E-state index contributed by atoms with van der Waals surface area (Å²) < 4.78 is 0.985. The highest BCUT2D eigenvalue weighted by atomic mass is 79.9. The number of carbonyl (C=O) groups is 1. The Morgan fingerprint density at radius 3 is 2.60 bits per heavy atom. The Bertz CT molecular complexity index is 363. The van der Waals surface area contributed by atoms with Gasteiger partial charge in [0.15, 0.2) is 0 Å². The SMILES string of the molecule is CC(C)(NCc1ccccc1Br)C(=O)O. The third-order valence-electron chi connectivity index (χ3n) is 2.21. The van der Waals surface area contributed by atoms with Crippen molar-refractivity contribution in [3.05, 3.63) is 34.3 Å². The predicted octanol–water partition coefficient (Wildman–Crippen LogP) is 2.40. The predicted molar refractivity (Wildman–Crippen MR) is 62.7 cm³/mol. The van der Waals surface area contributed by atoms with Crippen molar-refractivity contribution in [2.24, 2.45) is 0 Å². The largest absolute Gasteiger partial charge is 0.480 e. The minimum absolute atomic E-state index is 0.528. The van der Waals surface area contributed by atoms with Crippen molar-refractivity contribution in [2.45, 2.75) is 25.9 Å². The van der Waals surface area contributed by atoms with Crippen LogP contribution in [0.1, 0.15) is 19.4 Å².